The molecule has 4 aliphatic heterocycles. The number of benzene rings is 9. The fraction of sp³-hybridized carbons (Fsp3) is 0.0690. The molecule has 0 unspecified atom stereocenters. The lowest BCUT2D eigenvalue weighted by Crippen LogP contribution is -2.75. The van der Waals surface area contributed by atoms with Crippen LogP contribution in [0.1, 0.15) is 22.3 Å². The number of fused-ring (bicyclic) bond motifs is 16. The van der Waals surface area contributed by atoms with Crippen LogP contribution in [0.4, 0.5) is 33.4 Å². The van der Waals surface area contributed by atoms with Crippen molar-refractivity contribution in [1.29, 1.82) is 0 Å². The van der Waals surface area contributed by atoms with Crippen molar-refractivity contribution in [2.45, 2.75) is 37.5 Å². The zero-order chi connectivity index (χ0) is 42.6. The minimum absolute atomic E-state index is 0.00410. The van der Waals surface area contributed by atoms with Crippen LogP contribution in [-0.2, 0) is 0 Å². The summed E-state index contributed by atoms with van der Waals surface area (Å²) in [6.07, 6.45) is 0. The summed E-state index contributed by atoms with van der Waals surface area (Å²) in [5.74, 6) is 0. The molecule has 0 aliphatic carbocycles. The molecule has 0 N–H and O–H groups in total. The molecule has 2 nitrogen and oxygen atoms in total. The lowest BCUT2D eigenvalue weighted by atomic mass is 9.33. The molecular formula is C58H41BN2S2Si. The third-order valence-corrected chi connectivity index (χ3v) is 22.4. The summed E-state index contributed by atoms with van der Waals surface area (Å²) in [5.41, 5.74) is 18.4. The van der Waals surface area contributed by atoms with E-state index in [0.29, 0.717) is 0 Å². The maximum atomic E-state index is 2.70. The van der Waals surface area contributed by atoms with Crippen molar-refractivity contribution in [1.82, 2.24) is 0 Å². The molecule has 9 aromatic carbocycles. The second kappa shape index (κ2) is 13.2. The first-order chi connectivity index (χ1) is 31.4. The largest absolute Gasteiger partial charge is 0.311 e. The van der Waals surface area contributed by atoms with Crippen molar-refractivity contribution in [2.24, 2.45) is 0 Å². The summed E-state index contributed by atoms with van der Waals surface area (Å²) >= 11 is 3.90. The molecule has 302 valence electrons. The molecule has 0 atom stereocenters. The number of thiophene rings is 1. The monoisotopic (exact) mass is 868 g/mol. The predicted octanol–water partition coefficient (Wildman–Crippen LogP) is 11.2. The number of rotatable bonds is 2. The average Bonchev–Trinajstić information content (AvgIpc) is 3.81. The Morgan fingerprint density at radius 2 is 0.984 bits per heavy atom. The van der Waals surface area contributed by atoms with Crippen molar-refractivity contribution >= 4 is 129 Å². The number of aryl methyl sites for hydroxylation is 4. The molecule has 14 rings (SSSR count). The molecule has 0 amide bonds. The van der Waals surface area contributed by atoms with Gasteiger partial charge >= 0.3 is 0 Å². The lowest BCUT2D eigenvalue weighted by Gasteiger charge is -2.45. The first-order valence-corrected chi connectivity index (χ1v) is 26.0. The van der Waals surface area contributed by atoms with E-state index in [1.54, 1.807) is 0 Å². The van der Waals surface area contributed by atoms with Crippen molar-refractivity contribution in [2.75, 3.05) is 9.80 Å². The van der Waals surface area contributed by atoms with Crippen LogP contribution in [0.2, 0.25) is 0 Å². The quantitative estimate of drug-likeness (QED) is 0.160. The van der Waals surface area contributed by atoms with Crippen LogP contribution in [0, 0.1) is 27.7 Å². The first-order valence-electron chi connectivity index (χ1n) is 22.4. The molecule has 0 radical (unpaired) electrons. The number of hydrogen-bond donors (Lipinski definition) is 0. The van der Waals surface area contributed by atoms with Gasteiger partial charge in [-0.05, 0) is 157 Å². The van der Waals surface area contributed by atoms with E-state index in [4.69, 9.17) is 0 Å². The standard InChI is InChI=1S/C58H41BN2S2Si/c1-34-16-13-17-35(2)56(34)60-44-23-15-24-45-55(44)59(54-42-30-38-20-5-6-21-39(38)31-49(42)63-58(54)61(45)57-36(3)18-14-19-37(57)4)43-32-41-40-22-7-10-27-50(40)64(53(41)33-46(43)60)51-28-11-8-25-47(51)62-48-26-9-12-29-52(48)64/h5-33H,1-4H3. The smallest absolute Gasteiger partial charge is 0.254 e. The Kier molecular flexibility index (Phi) is 7.63. The fourth-order valence-corrected chi connectivity index (χ4v) is 20.9. The zero-order valence-corrected chi connectivity index (χ0v) is 38.7. The Morgan fingerprint density at radius 1 is 0.438 bits per heavy atom. The summed E-state index contributed by atoms with van der Waals surface area (Å²) < 4.78 is 1.33. The van der Waals surface area contributed by atoms with Crippen LogP contribution in [0.5, 0.6) is 0 Å². The topological polar surface area (TPSA) is 6.48 Å². The fourth-order valence-electron chi connectivity index (χ4n) is 12.3. The van der Waals surface area contributed by atoms with Gasteiger partial charge in [-0.15, -0.1) is 11.3 Å². The Bertz CT molecular complexity index is 3610. The van der Waals surface area contributed by atoms with Crippen LogP contribution in [0.25, 0.3) is 32.0 Å². The first kappa shape index (κ1) is 36.9. The molecule has 5 heterocycles. The van der Waals surface area contributed by atoms with E-state index in [1.807, 2.05) is 23.1 Å². The Balaban J connectivity index is 1.16. The van der Waals surface area contributed by atoms with Crippen molar-refractivity contribution in [3.8, 4) is 11.1 Å². The van der Waals surface area contributed by atoms with Crippen molar-refractivity contribution < 1.29 is 0 Å². The van der Waals surface area contributed by atoms with Crippen molar-refractivity contribution in [3.63, 3.8) is 0 Å². The molecule has 1 spiro atoms. The van der Waals surface area contributed by atoms with Gasteiger partial charge < -0.3 is 9.80 Å². The third kappa shape index (κ3) is 4.67. The molecule has 0 fully saturated rings. The molecular weight excluding hydrogens is 828 g/mol. The van der Waals surface area contributed by atoms with E-state index >= 15 is 0 Å². The van der Waals surface area contributed by atoms with Crippen LogP contribution in [0.3, 0.4) is 0 Å². The number of hydrogen-bond acceptors (Lipinski definition) is 4. The predicted molar refractivity (Wildman–Crippen MR) is 279 cm³/mol. The summed E-state index contributed by atoms with van der Waals surface area (Å²) in [4.78, 5) is 8.08. The van der Waals surface area contributed by atoms with Gasteiger partial charge in [0.15, 0.2) is 8.07 Å². The molecule has 10 aromatic rings. The Hall–Kier alpha value is -6.57. The van der Waals surface area contributed by atoms with Gasteiger partial charge in [0.2, 0.25) is 0 Å². The van der Waals surface area contributed by atoms with Gasteiger partial charge in [-0.25, -0.2) is 0 Å². The highest BCUT2D eigenvalue weighted by Gasteiger charge is 2.54. The third-order valence-electron chi connectivity index (χ3n) is 14.8. The average molecular weight is 869 g/mol. The van der Waals surface area contributed by atoms with Gasteiger partial charge in [0.1, 0.15) is 0 Å². The number of para-hydroxylation sites is 2. The maximum absolute atomic E-state index is 2.79. The van der Waals surface area contributed by atoms with E-state index in [0.717, 1.165) is 0 Å². The van der Waals surface area contributed by atoms with Gasteiger partial charge in [0, 0.05) is 31.6 Å². The van der Waals surface area contributed by atoms with Gasteiger partial charge in [-0.1, -0.05) is 145 Å². The normalized spacial score (nSPS) is 14.5. The van der Waals surface area contributed by atoms with E-state index in [-0.39, 0.29) is 6.71 Å². The Labute approximate surface area is 383 Å². The summed E-state index contributed by atoms with van der Waals surface area (Å²) in [6, 6.07) is 68.0. The van der Waals surface area contributed by atoms with Gasteiger partial charge in [0.05, 0.1) is 16.4 Å². The summed E-state index contributed by atoms with van der Waals surface area (Å²) in [6.45, 7) is 9.16. The van der Waals surface area contributed by atoms with Gasteiger partial charge in [-0.2, -0.15) is 0 Å². The van der Waals surface area contributed by atoms with Crippen LogP contribution < -0.4 is 46.9 Å². The molecule has 0 bridgehead atoms. The number of anilines is 6. The molecule has 6 heteroatoms. The van der Waals surface area contributed by atoms with Gasteiger partial charge in [-0.3, -0.25) is 0 Å². The highest BCUT2D eigenvalue weighted by molar-refractivity contribution is 8.00. The van der Waals surface area contributed by atoms with Crippen LogP contribution >= 0.6 is 23.1 Å². The maximum Gasteiger partial charge on any atom is 0.254 e. The van der Waals surface area contributed by atoms with E-state index in [2.05, 4.69) is 213 Å². The minimum Gasteiger partial charge on any atom is -0.311 e. The summed E-state index contributed by atoms with van der Waals surface area (Å²) in [7, 11) is -2.79. The SMILES string of the molecule is Cc1cccc(C)c1N1c2cc3c(cc2B2c4c1cccc4N(c1c(C)cccc1C)c1sc4cc5ccccc5cc4c12)-c1ccccc1[Si]31c2ccccc2Sc2ccccc21. The van der Waals surface area contributed by atoms with E-state index < -0.39 is 8.07 Å². The summed E-state index contributed by atoms with van der Waals surface area (Å²) in [5, 5.41) is 11.2. The number of nitrogens with zero attached hydrogens (tertiary/aromatic N) is 2. The molecule has 0 saturated carbocycles. The molecule has 4 aliphatic rings. The van der Waals surface area contributed by atoms with Gasteiger partial charge in [0.25, 0.3) is 6.71 Å². The molecule has 64 heavy (non-hydrogen) atoms. The highest BCUT2D eigenvalue weighted by Crippen LogP contribution is 2.51. The lowest BCUT2D eigenvalue weighted by molar-refractivity contribution is 1.21. The van der Waals surface area contributed by atoms with E-state index in [9.17, 15) is 0 Å². The van der Waals surface area contributed by atoms with Crippen LogP contribution in [-0.4, -0.2) is 14.8 Å². The Morgan fingerprint density at radius 3 is 1.66 bits per heavy atom. The molecule has 1 aromatic heterocycles. The van der Waals surface area contributed by atoms with E-state index in [1.165, 1.54) is 135 Å². The molecule has 0 saturated heterocycles. The highest BCUT2D eigenvalue weighted by atomic mass is 32.2. The second-order valence-electron chi connectivity index (χ2n) is 18.2. The minimum atomic E-state index is -2.79. The second-order valence-corrected chi connectivity index (χ2v) is 23.9. The van der Waals surface area contributed by atoms with Crippen molar-refractivity contribution in [3.05, 3.63) is 198 Å². The van der Waals surface area contributed by atoms with Crippen LogP contribution in [0.15, 0.2) is 186 Å². The zero-order valence-electron chi connectivity index (χ0n) is 36.0.